The standard InChI is InChI=1S/C33H29ClFN5O4/c34-25-14-22(17-36)15-26(35)31(25)39-12-10-38(11-13-39)19-21-6-4-20(5-7-21)18-37-27-3-1-2-24-30(27)33(44)40(32(24)43)28-9-8-23(41)16-29(28)42/h1-7,14-15,28,37H,8-13,16,18-19H2. The number of imide groups is 1. The number of nitrogens with zero attached hydrogens (tertiary/aromatic N) is 4. The van der Waals surface area contributed by atoms with Gasteiger partial charge in [0.1, 0.15) is 11.6 Å². The van der Waals surface area contributed by atoms with E-state index in [1.54, 1.807) is 18.2 Å². The molecular weight excluding hydrogens is 585 g/mol. The summed E-state index contributed by atoms with van der Waals surface area (Å²) >= 11 is 6.27. The van der Waals surface area contributed by atoms with Crippen molar-refractivity contribution in [2.75, 3.05) is 36.4 Å². The molecule has 2 heterocycles. The second-order valence-corrected chi connectivity index (χ2v) is 11.7. The third-order valence-electron chi connectivity index (χ3n) is 8.44. The number of halogens is 2. The first-order valence-corrected chi connectivity index (χ1v) is 14.8. The lowest BCUT2D eigenvalue weighted by Gasteiger charge is -2.36. The Morgan fingerprint density at radius 2 is 1.68 bits per heavy atom. The van der Waals surface area contributed by atoms with Crippen LogP contribution in [-0.4, -0.2) is 65.4 Å². The van der Waals surface area contributed by atoms with E-state index in [1.165, 1.54) is 12.1 Å². The third-order valence-corrected chi connectivity index (χ3v) is 8.73. The van der Waals surface area contributed by atoms with E-state index < -0.39 is 29.5 Å². The van der Waals surface area contributed by atoms with E-state index >= 15 is 0 Å². The Hall–Kier alpha value is -4.59. The van der Waals surface area contributed by atoms with Gasteiger partial charge in [0.2, 0.25) is 0 Å². The average molecular weight is 614 g/mol. The smallest absolute Gasteiger partial charge is 0.264 e. The van der Waals surface area contributed by atoms with Crippen molar-refractivity contribution in [1.82, 2.24) is 9.80 Å². The molecule has 1 aliphatic carbocycles. The summed E-state index contributed by atoms with van der Waals surface area (Å²) in [5, 5.41) is 12.6. The lowest BCUT2D eigenvalue weighted by Crippen LogP contribution is -2.47. The predicted molar refractivity (Wildman–Crippen MR) is 162 cm³/mol. The summed E-state index contributed by atoms with van der Waals surface area (Å²) in [6, 6.07) is 16.8. The summed E-state index contributed by atoms with van der Waals surface area (Å²) in [6.45, 7) is 3.82. The number of carbonyl (C=O) groups excluding carboxylic acids is 4. The molecule has 1 saturated heterocycles. The van der Waals surface area contributed by atoms with Gasteiger partial charge in [-0.1, -0.05) is 41.9 Å². The van der Waals surface area contributed by atoms with E-state index in [2.05, 4.69) is 10.2 Å². The van der Waals surface area contributed by atoms with Crippen molar-refractivity contribution < 1.29 is 23.6 Å². The van der Waals surface area contributed by atoms with Gasteiger partial charge in [-0.3, -0.25) is 29.0 Å². The number of fused-ring (bicyclic) bond motifs is 1. The Kier molecular flexibility index (Phi) is 8.17. The molecule has 3 aromatic carbocycles. The lowest BCUT2D eigenvalue weighted by molar-refractivity contribution is -0.132. The maximum Gasteiger partial charge on any atom is 0.264 e. The van der Waals surface area contributed by atoms with Crippen LogP contribution < -0.4 is 10.2 Å². The molecule has 0 radical (unpaired) electrons. The maximum absolute atomic E-state index is 14.6. The van der Waals surface area contributed by atoms with Crippen LogP contribution in [-0.2, 0) is 22.7 Å². The SMILES string of the molecule is N#Cc1cc(F)c(N2CCN(Cc3ccc(CNc4cccc5c4C(=O)N(C4CCC(=O)CC4=O)C5=O)cc3)CC2)c(Cl)c1. The molecule has 224 valence electrons. The highest BCUT2D eigenvalue weighted by Crippen LogP contribution is 2.34. The van der Waals surface area contributed by atoms with Crippen LogP contribution in [0.5, 0.6) is 0 Å². The van der Waals surface area contributed by atoms with Crippen LogP contribution in [0.4, 0.5) is 15.8 Å². The summed E-state index contributed by atoms with van der Waals surface area (Å²) in [4.78, 5) is 55.8. The molecule has 1 unspecified atom stereocenters. The van der Waals surface area contributed by atoms with Crippen LogP contribution >= 0.6 is 11.6 Å². The fraction of sp³-hybridized carbons (Fsp3) is 0.303. The fourth-order valence-electron chi connectivity index (χ4n) is 6.15. The lowest BCUT2D eigenvalue weighted by atomic mass is 9.92. The number of nitrogens with one attached hydrogen (secondary N) is 1. The van der Waals surface area contributed by atoms with Gasteiger partial charge in [-0.25, -0.2) is 4.39 Å². The quantitative estimate of drug-likeness (QED) is 0.305. The summed E-state index contributed by atoms with van der Waals surface area (Å²) < 4.78 is 14.6. The number of rotatable bonds is 7. The van der Waals surface area contributed by atoms with Gasteiger partial charge in [-0.15, -0.1) is 0 Å². The van der Waals surface area contributed by atoms with Crippen molar-refractivity contribution in [3.63, 3.8) is 0 Å². The number of benzene rings is 3. The van der Waals surface area contributed by atoms with Crippen molar-refractivity contribution in [3.8, 4) is 6.07 Å². The third kappa shape index (κ3) is 5.68. The van der Waals surface area contributed by atoms with Gasteiger partial charge in [0.15, 0.2) is 5.78 Å². The number of piperazine rings is 1. The van der Waals surface area contributed by atoms with Crippen molar-refractivity contribution in [1.29, 1.82) is 5.26 Å². The van der Waals surface area contributed by atoms with E-state index in [0.717, 1.165) is 35.7 Å². The molecule has 2 amide bonds. The van der Waals surface area contributed by atoms with Gasteiger partial charge in [-0.05, 0) is 41.8 Å². The van der Waals surface area contributed by atoms with Crippen LogP contribution in [0.15, 0.2) is 54.6 Å². The van der Waals surface area contributed by atoms with Crippen molar-refractivity contribution in [2.45, 2.75) is 38.4 Å². The molecule has 2 aliphatic heterocycles. The number of nitriles is 1. The van der Waals surface area contributed by atoms with Crippen LogP contribution in [0, 0.1) is 17.1 Å². The highest BCUT2D eigenvalue weighted by Gasteiger charge is 2.45. The molecule has 9 nitrogen and oxygen atoms in total. The molecule has 11 heteroatoms. The molecular formula is C33H29ClFN5O4. The minimum Gasteiger partial charge on any atom is -0.380 e. The van der Waals surface area contributed by atoms with Gasteiger partial charge in [0.05, 0.1) is 45.9 Å². The Balaban J connectivity index is 1.05. The molecule has 0 spiro atoms. The molecule has 0 aromatic heterocycles. The highest BCUT2D eigenvalue weighted by molar-refractivity contribution is 6.33. The normalized spacial score (nSPS) is 18.9. The number of hydrogen-bond donors (Lipinski definition) is 1. The number of anilines is 2. The highest BCUT2D eigenvalue weighted by atomic mass is 35.5. The van der Waals surface area contributed by atoms with Crippen LogP contribution in [0.1, 0.15) is 56.7 Å². The molecule has 1 atom stereocenters. The average Bonchev–Trinajstić information content (AvgIpc) is 3.27. The first-order chi connectivity index (χ1) is 21.2. The van der Waals surface area contributed by atoms with Gasteiger partial charge in [0, 0.05) is 51.4 Å². The fourth-order valence-corrected chi connectivity index (χ4v) is 6.47. The number of ketones is 2. The zero-order valence-corrected chi connectivity index (χ0v) is 24.6. The van der Waals surface area contributed by atoms with Crippen molar-refractivity contribution in [3.05, 3.63) is 93.3 Å². The monoisotopic (exact) mass is 613 g/mol. The van der Waals surface area contributed by atoms with E-state index in [4.69, 9.17) is 16.9 Å². The summed E-state index contributed by atoms with van der Waals surface area (Å²) in [7, 11) is 0. The van der Waals surface area contributed by atoms with Crippen LogP contribution in [0.25, 0.3) is 0 Å². The van der Waals surface area contributed by atoms with Gasteiger partial charge < -0.3 is 10.2 Å². The molecule has 44 heavy (non-hydrogen) atoms. The second-order valence-electron chi connectivity index (χ2n) is 11.3. The molecule has 3 aromatic rings. The number of hydrogen-bond acceptors (Lipinski definition) is 8. The first kappa shape index (κ1) is 29.5. The molecule has 3 aliphatic rings. The zero-order chi connectivity index (χ0) is 31.0. The molecule has 0 bridgehead atoms. The van der Waals surface area contributed by atoms with E-state index in [-0.39, 0.29) is 46.8 Å². The zero-order valence-electron chi connectivity index (χ0n) is 23.8. The topological polar surface area (TPSA) is 114 Å². The van der Waals surface area contributed by atoms with E-state index in [9.17, 15) is 23.6 Å². The molecule has 6 rings (SSSR count). The van der Waals surface area contributed by atoms with Gasteiger partial charge in [-0.2, -0.15) is 5.26 Å². The molecule has 2 fully saturated rings. The van der Waals surface area contributed by atoms with Gasteiger partial charge in [0.25, 0.3) is 11.8 Å². The van der Waals surface area contributed by atoms with Crippen molar-refractivity contribution >= 4 is 46.4 Å². The largest absolute Gasteiger partial charge is 0.380 e. The minimum absolute atomic E-state index is 0.165. The number of amides is 2. The second kappa shape index (κ2) is 12.2. The van der Waals surface area contributed by atoms with Gasteiger partial charge >= 0.3 is 0 Å². The summed E-state index contributed by atoms with van der Waals surface area (Å²) in [5.74, 6) is -2.06. The Morgan fingerprint density at radius 1 is 0.955 bits per heavy atom. The van der Waals surface area contributed by atoms with Crippen LogP contribution in [0.2, 0.25) is 5.02 Å². The maximum atomic E-state index is 14.6. The Labute approximate surface area is 258 Å². The first-order valence-electron chi connectivity index (χ1n) is 14.5. The summed E-state index contributed by atoms with van der Waals surface area (Å²) in [5.41, 5.74) is 3.66. The number of carbonyl (C=O) groups is 4. The number of Topliss-reactive ketones (excluding diaryl/α,β-unsaturated/α-hetero) is 2. The van der Waals surface area contributed by atoms with Crippen LogP contribution in [0.3, 0.4) is 0 Å². The van der Waals surface area contributed by atoms with Crippen molar-refractivity contribution in [2.24, 2.45) is 0 Å². The molecule has 1 N–H and O–H groups in total. The van der Waals surface area contributed by atoms with E-state index in [0.29, 0.717) is 31.0 Å². The predicted octanol–water partition coefficient (Wildman–Crippen LogP) is 4.57. The summed E-state index contributed by atoms with van der Waals surface area (Å²) in [6.07, 6.45) is 0.0926. The Bertz CT molecular complexity index is 1690. The Morgan fingerprint density at radius 3 is 2.36 bits per heavy atom. The minimum atomic E-state index is -0.904. The van der Waals surface area contributed by atoms with E-state index in [1.807, 2.05) is 35.2 Å². The molecule has 1 saturated carbocycles.